The predicted octanol–water partition coefficient (Wildman–Crippen LogP) is 0.612. The fourth-order valence-corrected chi connectivity index (χ4v) is 1.62. The molecule has 0 aliphatic rings. The van der Waals surface area contributed by atoms with Gasteiger partial charge in [-0.3, -0.25) is 0 Å². The van der Waals surface area contributed by atoms with Crippen molar-refractivity contribution in [2.24, 2.45) is 7.05 Å². The van der Waals surface area contributed by atoms with Crippen molar-refractivity contribution in [3.63, 3.8) is 0 Å². The quantitative estimate of drug-likeness (QED) is 0.826. The third-order valence-electron chi connectivity index (χ3n) is 2.70. The summed E-state index contributed by atoms with van der Waals surface area (Å²) < 4.78 is 7.34. The highest BCUT2D eigenvalue weighted by atomic mass is 16.5. The maximum Gasteiger partial charge on any atom is 0.323 e. The van der Waals surface area contributed by atoms with Gasteiger partial charge in [0.15, 0.2) is 0 Å². The smallest absolute Gasteiger partial charge is 0.323 e. The molecular weight excluding hydrogens is 258 g/mol. The second-order valence-electron chi connectivity index (χ2n) is 4.44. The van der Waals surface area contributed by atoms with E-state index in [0.29, 0.717) is 19.1 Å². The van der Waals surface area contributed by atoms with Crippen LogP contribution in [-0.2, 0) is 13.6 Å². The Labute approximate surface area is 117 Å². The molecule has 0 unspecified atom stereocenters. The Balaban J connectivity index is 2.14. The first-order valence-corrected chi connectivity index (χ1v) is 6.41. The van der Waals surface area contributed by atoms with Crippen molar-refractivity contribution in [3.8, 4) is 6.01 Å². The van der Waals surface area contributed by atoms with E-state index >= 15 is 0 Å². The Bertz CT molecular complexity index is 569. The number of nitrogens with two attached hydrogens (primary N) is 1. The molecule has 2 heterocycles. The van der Waals surface area contributed by atoms with Crippen LogP contribution >= 0.6 is 0 Å². The number of aromatic nitrogens is 5. The number of imidazole rings is 1. The lowest BCUT2D eigenvalue weighted by molar-refractivity contribution is 0.292. The average Bonchev–Trinajstić information content (AvgIpc) is 2.81. The van der Waals surface area contributed by atoms with E-state index < -0.39 is 0 Å². The van der Waals surface area contributed by atoms with Crippen molar-refractivity contribution in [2.75, 3.05) is 24.3 Å². The van der Waals surface area contributed by atoms with E-state index in [1.54, 1.807) is 6.20 Å². The molecular formula is C12H19N7O. The molecule has 0 saturated carbocycles. The van der Waals surface area contributed by atoms with Crippen LogP contribution in [0.3, 0.4) is 0 Å². The normalized spacial score (nSPS) is 10.6. The topological polar surface area (TPSA) is 95.0 Å². The van der Waals surface area contributed by atoms with Gasteiger partial charge >= 0.3 is 6.01 Å². The summed E-state index contributed by atoms with van der Waals surface area (Å²) in [6, 6.07) is 0.251. The number of hydrogen-bond acceptors (Lipinski definition) is 7. The number of ether oxygens (including phenoxy) is 1. The molecule has 0 saturated heterocycles. The second-order valence-corrected chi connectivity index (χ2v) is 4.44. The minimum absolute atomic E-state index is 0.146. The first-order valence-electron chi connectivity index (χ1n) is 6.41. The Hall–Kier alpha value is -2.38. The molecule has 108 valence electrons. The van der Waals surface area contributed by atoms with E-state index in [0.717, 1.165) is 12.2 Å². The van der Waals surface area contributed by atoms with Crippen molar-refractivity contribution in [3.05, 3.63) is 18.2 Å². The Morgan fingerprint density at radius 1 is 1.35 bits per heavy atom. The Morgan fingerprint density at radius 2 is 2.15 bits per heavy atom. The van der Waals surface area contributed by atoms with Crippen molar-refractivity contribution in [1.82, 2.24) is 24.5 Å². The van der Waals surface area contributed by atoms with Crippen LogP contribution in [0.15, 0.2) is 12.4 Å². The number of aryl methyl sites for hydroxylation is 1. The van der Waals surface area contributed by atoms with Gasteiger partial charge < -0.3 is 19.9 Å². The van der Waals surface area contributed by atoms with Crippen LogP contribution in [0.5, 0.6) is 6.01 Å². The summed E-state index contributed by atoms with van der Waals surface area (Å²) in [5, 5.41) is 0. The van der Waals surface area contributed by atoms with Gasteiger partial charge in [0.2, 0.25) is 11.9 Å². The summed E-state index contributed by atoms with van der Waals surface area (Å²) in [6.07, 6.45) is 4.52. The van der Waals surface area contributed by atoms with Crippen molar-refractivity contribution in [1.29, 1.82) is 0 Å². The van der Waals surface area contributed by atoms with Gasteiger partial charge in [0.1, 0.15) is 5.82 Å². The monoisotopic (exact) mass is 277 g/mol. The summed E-state index contributed by atoms with van der Waals surface area (Å²) in [5.41, 5.74) is 5.68. The van der Waals surface area contributed by atoms with Crippen LogP contribution in [0.2, 0.25) is 0 Å². The van der Waals surface area contributed by atoms with Gasteiger partial charge in [-0.1, -0.05) is 6.92 Å². The van der Waals surface area contributed by atoms with E-state index in [9.17, 15) is 0 Å². The van der Waals surface area contributed by atoms with Crippen LogP contribution in [0.1, 0.15) is 19.2 Å². The number of nitrogen functional groups attached to an aromatic ring is 1. The summed E-state index contributed by atoms with van der Waals surface area (Å²) in [4.78, 5) is 18.4. The van der Waals surface area contributed by atoms with E-state index in [4.69, 9.17) is 10.5 Å². The molecule has 2 aromatic rings. The van der Waals surface area contributed by atoms with Gasteiger partial charge in [0.05, 0.1) is 13.2 Å². The largest absolute Gasteiger partial charge is 0.463 e. The number of nitrogens with zero attached hydrogens (tertiary/aromatic N) is 6. The highest BCUT2D eigenvalue weighted by Gasteiger charge is 2.12. The zero-order chi connectivity index (χ0) is 14.5. The van der Waals surface area contributed by atoms with Gasteiger partial charge in [-0.15, -0.1) is 0 Å². The van der Waals surface area contributed by atoms with E-state index in [2.05, 4.69) is 19.9 Å². The molecule has 2 N–H and O–H groups in total. The molecule has 8 heteroatoms. The lowest BCUT2D eigenvalue weighted by Crippen LogP contribution is -2.22. The van der Waals surface area contributed by atoms with Gasteiger partial charge in [0, 0.05) is 26.5 Å². The van der Waals surface area contributed by atoms with Gasteiger partial charge in [-0.25, -0.2) is 4.98 Å². The van der Waals surface area contributed by atoms with E-state index in [1.807, 2.05) is 36.7 Å². The third kappa shape index (κ3) is 3.34. The first kappa shape index (κ1) is 14.0. The number of anilines is 2. The highest BCUT2D eigenvalue weighted by molar-refractivity contribution is 5.35. The van der Waals surface area contributed by atoms with Gasteiger partial charge in [0.25, 0.3) is 0 Å². The van der Waals surface area contributed by atoms with Crippen LogP contribution in [-0.4, -0.2) is 38.2 Å². The van der Waals surface area contributed by atoms with Gasteiger partial charge in [-0.05, 0) is 6.42 Å². The molecule has 0 atom stereocenters. The van der Waals surface area contributed by atoms with Crippen molar-refractivity contribution < 1.29 is 4.74 Å². The SMILES string of the molecule is CCCOc1nc(N)nc(N(C)Cc2nccn2C)n1. The fourth-order valence-electron chi connectivity index (χ4n) is 1.62. The maximum absolute atomic E-state index is 5.68. The van der Waals surface area contributed by atoms with Crippen LogP contribution in [0.4, 0.5) is 11.9 Å². The van der Waals surface area contributed by atoms with Crippen molar-refractivity contribution in [2.45, 2.75) is 19.9 Å². The summed E-state index contributed by atoms with van der Waals surface area (Å²) in [7, 11) is 3.81. The van der Waals surface area contributed by atoms with Crippen LogP contribution in [0.25, 0.3) is 0 Å². The molecule has 0 radical (unpaired) electrons. The van der Waals surface area contributed by atoms with Crippen LogP contribution in [0, 0.1) is 0 Å². The van der Waals surface area contributed by atoms with Gasteiger partial charge in [-0.2, -0.15) is 15.0 Å². The molecule has 0 aromatic carbocycles. The summed E-state index contributed by atoms with van der Waals surface area (Å²) in [6.45, 7) is 3.13. The molecule has 2 aromatic heterocycles. The fraction of sp³-hybridized carbons (Fsp3) is 0.500. The predicted molar refractivity (Wildman–Crippen MR) is 75.3 cm³/mol. The third-order valence-corrected chi connectivity index (χ3v) is 2.70. The molecule has 0 amide bonds. The molecule has 0 aliphatic carbocycles. The standard InChI is InChI=1S/C12H19N7O/c1-4-7-20-12-16-10(13)15-11(17-12)19(3)8-9-14-5-6-18(9)2/h5-6H,4,7-8H2,1-3H3,(H2,13,15,16,17). The van der Waals surface area contributed by atoms with E-state index in [1.165, 1.54) is 0 Å². The van der Waals surface area contributed by atoms with Crippen molar-refractivity contribution >= 4 is 11.9 Å². The Morgan fingerprint density at radius 3 is 2.80 bits per heavy atom. The minimum atomic E-state index is 0.146. The molecule has 20 heavy (non-hydrogen) atoms. The lowest BCUT2D eigenvalue weighted by atomic mass is 10.5. The number of rotatable bonds is 6. The Kier molecular flexibility index (Phi) is 4.34. The van der Waals surface area contributed by atoms with E-state index in [-0.39, 0.29) is 12.0 Å². The zero-order valence-corrected chi connectivity index (χ0v) is 11.9. The zero-order valence-electron chi connectivity index (χ0n) is 11.9. The molecule has 8 nitrogen and oxygen atoms in total. The highest BCUT2D eigenvalue weighted by Crippen LogP contribution is 2.14. The average molecular weight is 277 g/mol. The summed E-state index contributed by atoms with van der Waals surface area (Å²) in [5.74, 6) is 1.52. The number of hydrogen-bond donors (Lipinski definition) is 1. The molecule has 0 spiro atoms. The minimum Gasteiger partial charge on any atom is -0.463 e. The first-order chi connectivity index (χ1) is 9.60. The maximum atomic E-state index is 5.68. The molecule has 0 bridgehead atoms. The summed E-state index contributed by atoms with van der Waals surface area (Å²) >= 11 is 0. The molecule has 0 aliphatic heterocycles. The lowest BCUT2D eigenvalue weighted by Gasteiger charge is -2.17. The second kappa shape index (κ2) is 6.18. The van der Waals surface area contributed by atoms with Crippen LogP contribution < -0.4 is 15.4 Å². The molecule has 0 fully saturated rings. The molecule has 2 rings (SSSR count).